The fourth-order valence-corrected chi connectivity index (χ4v) is 1.42. The quantitative estimate of drug-likeness (QED) is 0.799. The van der Waals surface area contributed by atoms with E-state index in [1.165, 1.54) is 18.4 Å². The van der Waals surface area contributed by atoms with Crippen LogP contribution >= 0.6 is 0 Å². The molecule has 4 heteroatoms. The van der Waals surface area contributed by atoms with Gasteiger partial charge in [-0.15, -0.1) is 0 Å². The van der Waals surface area contributed by atoms with Crippen molar-refractivity contribution in [3.63, 3.8) is 0 Å². The Morgan fingerprint density at radius 2 is 2.21 bits per heavy atom. The van der Waals surface area contributed by atoms with Crippen LogP contribution in [0.5, 0.6) is 0 Å². The molecule has 0 aliphatic carbocycles. The van der Waals surface area contributed by atoms with Crippen LogP contribution in [0.15, 0.2) is 22.8 Å². The van der Waals surface area contributed by atoms with Crippen molar-refractivity contribution in [2.45, 2.75) is 6.54 Å². The van der Waals surface area contributed by atoms with Gasteiger partial charge >= 0.3 is 0 Å². The fourth-order valence-electron chi connectivity index (χ4n) is 1.42. The number of fused-ring (bicyclic) bond motifs is 1. The van der Waals surface area contributed by atoms with E-state index in [9.17, 15) is 8.78 Å². The summed E-state index contributed by atoms with van der Waals surface area (Å²) in [5.41, 5.74) is 0.279. The molecule has 2 aromatic rings. The molecule has 2 rings (SSSR count). The molecule has 0 atom stereocenters. The van der Waals surface area contributed by atoms with Crippen molar-refractivity contribution in [1.82, 2.24) is 5.32 Å². The smallest absolute Gasteiger partial charge is 0.141 e. The average Bonchev–Trinajstić information content (AvgIpc) is 2.60. The second-order valence-corrected chi connectivity index (χ2v) is 3.01. The summed E-state index contributed by atoms with van der Waals surface area (Å²) >= 11 is 0. The molecule has 0 unspecified atom stereocenters. The van der Waals surface area contributed by atoms with Gasteiger partial charge in [-0.2, -0.15) is 0 Å². The lowest BCUT2D eigenvalue weighted by Gasteiger charge is -2.04. The van der Waals surface area contributed by atoms with Crippen molar-refractivity contribution in [3.05, 3.63) is 35.6 Å². The van der Waals surface area contributed by atoms with Crippen LogP contribution in [-0.4, -0.2) is 7.05 Å². The largest absolute Gasteiger partial charge is 0.464 e. The summed E-state index contributed by atoms with van der Waals surface area (Å²) < 4.78 is 31.8. The van der Waals surface area contributed by atoms with E-state index in [1.807, 2.05) is 0 Å². The Hall–Kier alpha value is -1.42. The maximum atomic E-state index is 13.6. The summed E-state index contributed by atoms with van der Waals surface area (Å²) in [6.45, 7) is 0.165. The molecule has 1 heterocycles. The van der Waals surface area contributed by atoms with Crippen molar-refractivity contribution in [2.75, 3.05) is 7.05 Å². The number of nitrogens with one attached hydrogen (secondary N) is 1. The lowest BCUT2D eigenvalue weighted by molar-refractivity contribution is 0.546. The number of halogens is 2. The van der Waals surface area contributed by atoms with Gasteiger partial charge in [0.2, 0.25) is 0 Å². The molecule has 2 nitrogen and oxygen atoms in total. The first-order valence-corrected chi connectivity index (χ1v) is 4.22. The SMILES string of the molecule is CNCc1c(F)cc2occc2c1F. The van der Waals surface area contributed by atoms with Gasteiger partial charge in [-0.25, -0.2) is 8.78 Å². The second-order valence-electron chi connectivity index (χ2n) is 3.01. The van der Waals surface area contributed by atoms with Crippen LogP contribution < -0.4 is 5.32 Å². The first-order chi connectivity index (χ1) is 6.74. The van der Waals surface area contributed by atoms with Crippen molar-refractivity contribution in [3.8, 4) is 0 Å². The number of hydrogen-bond donors (Lipinski definition) is 1. The maximum absolute atomic E-state index is 13.6. The summed E-state index contributed by atoms with van der Waals surface area (Å²) in [6, 6.07) is 2.69. The van der Waals surface area contributed by atoms with Gasteiger partial charge in [0, 0.05) is 18.2 Å². The number of hydrogen-bond acceptors (Lipinski definition) is 2. The molecule has 1 aromatic carbocycles. The van der Waals surface area contributed by atoms with Gasteiger partial charge in [-0.3, -0.25) is 0 Å². The number of furan rings is 1. The summed E-state index contributed by atoms with van der Waals surface area (Å²) in [6.07, 6.45) is 1.34. The predicted molar refractivity (Wildman–Crippen MR) is 48.9 cm³/mol. The molecular weight excluding hydrogens is 188 g/mol. The normalized spacial score (nSPS) is 11.1. The monoisotopic (exact) mass is 197 g/mol. The standard InChI is InChI=1S/C10H9F2NO/c1-13-5-7-8(11)4-9-6(10(7)12)2-3-14-9/h2-4,13H,5H2,1H3. The Balaban J connectivity index is 2.69. The van der Waals surface area contributed by atoms with E-state index in [-0.39, 0.29) is 17.7 Å². The van der Waals surface area contributed by atoms with E-state index in [0.29, 0.717) is 5.39 Å². The van der Waals surface area contributed by atoms with Crippen molar-refractivity contribution in [2.24, 2.45) is 0 Å². The summed E-state index contributed by atoms with van der Waals surface area (Å²) in [5.74, 6) is -1.14. The van der Waals surface area contributed by atoms with Gasteiger partial charge < -0.3 is 9.73 Å². The highest BCUT2D eigenvalue weighted by molar-refractivity contribution is 5.78. The molecule has 0 radical (unpaired) electrons. The lowest BCUT2D eigenvalue weighted by atomic mass is 10.1. The van der Waals surface area contributed by atoms with Crippen LogP contribution in [-0.2, 0) is 6.54 Å². The van der Waals surface area contributed by atoms with Crippen molar-refractivity contribution >= 4 is 11.0 Å². The zero-order valence-corrected chi connectivity index (χ0v) is 7.60. The van der Waals surface area contributed by atoms with E-state index in [2.05, 4.69) is 5.32 Å². The molecule has 0 amide bonds. The average molecular weight is 197 g/mol. The highest BCUT2D eigenvalue weighted by Gasteiger charge is 2.14. The van der Waals surface area contributed by atoms with Gasteiger partial charge in [-0.05, 0) is 13.1 Å². The molecule has 0 spiro atoms. The predicted octanol–water partition coefficient (Wildman–Crippen LogP) is 2.43. The van der Waals surface area contributed by atoms with E-state index in [4.69, 9.17) is 4.42 Å². The van der Waals surface area contributed by atoms with E-state index in [1.54, 1.807) is 7.05 Å². The van der Waals surface area contributed by atoms with Crippen LogP contribution in [0.4, 0.5) is 8.78 Å². The second kappa shape index (κ2) is 3.38. The summed E-state index contributed by atoms with van der Waals surface area (Å²) in [7, 11) is 1.64. The molecule has 0 aliphatic rings. The zero-order valence-electron chi connectivity index (χ0n) is 7.60. The van der Waals surface area contributed by atoms with Gasteiger partial charge in [0.05, 0.1) is 11.6 Å². The van der Waals surface area contributed by atoms with E-state index >= 15 is 0 Å². The Labute approximate surface area is 79.5 Å². The zero-order chi connectivity index (χ0) is 10.1. The molecule has 0 saturated heterocycles. The molecule has 0 saturated carbocycles. The van der Waals surface area contributed by atoms with E-state index in [0.717, 1.165) is 0 Å². The third-order valence-electron chi connectivity index (χ3n) is 2.10. The molecule has 0 fully saturated rings. The van der Waals surface area contributed by atoms with Crippen LogP contribution in [0, 0.1) is 11.6 Å². The van der Waals surface area contributed by atoms with Crippen LogP contribution in [0.2, 0.25) is 0 Å². The first kappa shape index (κ1) is 9.15. The summed E-state index contributed by atoms with van der Waals surface area (Å²) in [5, 5.41) is 3.03. The Morgan fingerprint density at radius 3 is 2.93 bits per heavy atom. The highest BCUT2D eigenvalue weighted by atomic mass is 19.1. The summed E-state index contributed by atoms with van der Waals surface area (Å²) in [4.78, 5) is 0. The Bertz CT molecular complexity index is 464. The number of benzene rings is 1. The van der Waals surface area contributed by atoms with Crippen molar-refractivity contribution < 1.29 is 13.2 Å². The fraction of sp³-hybridized carbons (Fsp3) is 0.200. The van der Waals surface area contributed by atoms with Crippen LogP contribution in [0.1, 0.15) is 5.56 Å². The molecule has 0 aliphatic heterocycles. The third kappa shape index (κ3) is 1.28. The van der Waals surface area contributed by atoms with Crippen LogP contribution in [0.25, 0.3) is 11.0 Å². The van der Waals surface area contributed by atoms with Crippen molar-refractivity contribution in [1.29, 1.82) is 0 Å². The molecule has 1 aromatic heterocycles. The Morgan fingerprint density at radius 1 is 1.43 bits per heavy atom. The maximum Gasteiger partial charge on any atom is 0.141 e. The minimum absolute atomic E-state index is 0.0430. The molecule has 74 valence electrons. The van der Waals surface area contributed by atoms with Gasteiger partial charge in [0.25, 0.3) is 0 Å². The lowest BCUT2D eigenvalue weighted by Crippen LogP contribution is -2.09. The molecular formula is C10H9F2NO. The first-order valence-electron chi connectivity index (χ1n) is 4.22. The van der Waals surface area contributed by atoms with Gasteiger partial charge in [0.1, 0.15) is 17.2 Å². The Kier molecular flexibility index (Phi) is 2.21. The van der Waals surface area contributed by atoms with Crippen LogP contribution in [0.3, 0.4) is 0 Å². The van der Waals surface area contributed by atoms with Gasteiger partial charge in [-0.1, -0.05) is 0 Å². The van der Waals surface area contributed by atoms with E-state index < -0.39 is 11.6 Å². The van der Waals surface area contributed by atoms with Gasteiger partial charge in [0.15, 0.2) is 0 Å². The molecule has 14 heavy (non-hydrogen) atoms. The highest BCUT2D eigenvalue weighted by Crippen LogP contribution is 2.24. The third-order valence-corrected chi connectivity index (χ3v) is 2.10. The number of rotatable bonds is 2. The molecule has 1 N–H and O–H groups in total. The topological polar surface area (TPSA) is 25.2 Å². The minimum atomic E-state index is -0.584. The minimum Gasteiger partial charge on any atom is -0.464 e. The molecule has 0 bridgehead atoms.